The molecule has 2 aliphatic rings. The molecule has 0 spiro atoms. The predicted molar refractivity (Wildman–Crippen MR) is 73.9 cm³/mol. The number of likely N-dealkylation sites (tertiary alicyclic amines) is 1. The molecule has 0 amide bonds. The van der Waals surface area contributed by atoms with Gasteiger partial charge in [-0.15, -0.1) is 0 Å². The van der Waals surface area contributed by atoms with E-state index in [1.807, 2.05) is 0 Å². The molecule has 100 valence electrons. The second kappa shape index (κ2) is 5.71. The normalized spacial score (nSPS) is 40.8. The Balaban J connectivity index is 1.83. The standard InChI is InChI=1S/C15H30N2/c1-11(2)13-4-6-15(7-5-13)17-9-12(3)8-14(16)10-17/h11-15H,4-10,16H2,1-3H3. The van der Waals surface area contributed by atoms with Gasteiger partial charge in [0.25, 0.3) is 0 Å². The third kappa shape index (κ3) is 3.45. The van der Waals surface area contributed by atoms with E-state index in [1.54, 1.807) is 0 Å². The smallest absolute Gasteiger partial charge is 0.0170 e. The van der Waals surface area contributed by atoms with Gasteiger partial charge in [0.05, 0.1) is 0 Å². The second-order valence-corrected chi connectivity index (χ2v) is 6.87. The van der Waals surface area contributed by atoms with Crippen molar-refractivity contribution in [1.82, 2.24) is 4.90 Å². The number of hydrogen-bond acceptors (Lipinski definition) is 2. The van der Waals surface area contributed by atoms with E-state index in [9.17, 15) is 0 Å². The minimum atomic E-state index is 0.418. The van der Waals surface area contributed by atoms with E-state index >= 15 is 0 Å². The first-order valence-electron chi connectivity index (χ1n) is 7.56. The Morgan fingerprint density at radius 3 is 2.24 bits per heavy atom. The highest BCUT2D eigenvalue weighted by molar-refractivity contribution is 4.87. The maximum Gasteiger partial charge on any atom is 0.0170 e. The molecule has 0 aromatic carbocycles. The Morgan fingerprint density at radius 1 is 1.06 bits per heavy atom. The fourth-order valence-corrected chi connectivity index (χ4v) is 3.87. The van der Waals surface area contributed by atoms with Crippen LogP contribution >= 0.6 is 0 Å². The quantitative estimate of drug-likeness (QED) is 0.801. The summed E-state index contributed by atoms with van der Waals surface area (Å²) in [5.41, 5.74) is 6.16. The van der Waals surface area contributed by atoms with Gasteiger partial charge in [-0.05, 0) is 49.9 Å². The van der Waals surface area contributed by atoms with Crippen LogP contribution < -0.4 is 5.73 Å². The molecule has 17 heavy (non-hydrogen) atoms. The maximum absolute atomic E-state index is 6.16. The lowest BCUT2D eigenvalue weighted by Crippen LogP contribution is -2.51. The Kier molecular flexibility index (Phi) is 4.48. The highest BCUT2D eigenvalue weighted by atomic mass is 15.2. The number of nitrogens with zero attached hydrogens (tertiary/aromatic N) is 1. The van der Waals surface area contributed by atoms with Gasteiger partial charge in [0.2, 0.25) is 0 Å². The first-order valence-corrected chi connectivity index (χ1v) is 7.56. The van der Waals surface area contributed by atoms with Crippen molar-refractivity contribution in [3.05, 3.63) is 0 Å². The van der Waals surface area contributed by atoms with Gasteiger partial charge >= 0.3 is 0 Å². The zero-order chi connectivity index (χ0) is 12.4. The minimum absolute atomic E-state index is 0.418. The number of rotatable bonds is 2. The van der Waals surface area contributed by atoms with Crippen molar-refractivity contribution in [1.29, 1.82) is 0 Å². The van der Waals surface area contributed by atoms with E-state index in [0.717, 1.165) is 30.3 Å². The lowest BCUT2D eigenvalue weighted by Gasteiger charge is -2.43. The lowest BCUT2D eigenvalue weighted by atomic mass is 9.78. The summed E-state index contributed by atoms with van der Waals surface area (Å²) in [6, 6.07) is 1.25. The van der Waals surface area contributed by atoms with Gasteiger partial charge in [0.1, 0.15) is 0 Å². The average molecular weight is 238 g/mol. The molecular weight excluding hydrogens is 208 g/mol. The number of hydrogen-bond donors (Lipinski definition) is 1. The summed E-state index contributed by atoms with van der Waals surface area (Å²) >= 11 is 0. The molecule has 0 aromatic rings. The Bertz CT molecular complexity index is 221. The van der Waals surface area contributed by atoms with Gasteiger partial charge in [-0.2, -0.15) is 0 Å². The minimum Gasteiger partial charge on any atom is -0.327 e. The monoisotopic (exact) mass is 238 g/mol. The number of nitrogens with two attached hydrogens (primary N) is 1. The molecular formula is C15H30N2. The molecule has 1 heterocycles. The Morgan fingerprint density at radius 2 is 1.71 bits per heavy atom. The fourth-order valence-electron chi connectivity index (χ4n) is 3.87. The molecule has 1 aliphatic heterocycles. The zero-order valence-corrected chi connectivity index (χ0v) is 11.9. The first-order chi connectivity index (χ1) is 8.06. The van der Waals surface area contributed by atoms with Crippen LogP contribution in [0, 0.1) is 17.8 Å². The predicted octanol–water partition coefficient (Wildman–Crippen LogP) is 2.87. The van der Waals surface area contributed by atoms with Crippen molar-refractivity contribution in [2.24, 2.45) is 23.5 Å². The Hall–Kier alpha value is -0.0800. The molecule has 2 heteroatoms. The largest absolute Gasteiger partial charge is 0.327 e. The lowest BCUT2D eigenvalue weighted by molar-refractivity contribution is 0.0751. The van der Waals surface area contributed by atoms with E-state index in [0.29, 0.717) is 6.04 Å². The van der Waals surface area contributed by atoms with Crippen LogP contribution in [-0.4, -0.2) is 30.1 Å². The molecule has 0 radical (unpaired) electrons. The molecule has 0 bridgehead atoms. The Labute approximate surface area is 107 Å². The van der Waals surface area contributed by atoms with E-state index < -0.39 is 0 Å². The summed E-state index contributed by atoms with van der Waals surface area (Å²) in [6.45, 7) is 9.53. The zero-order valence-electron chi connectivity index (χ0n) is 11.9. The number of piperidine rings is 1. The van der Waals surface area contributed by atoms with Crippen LogP contribution in [0.2, 0.25) is 0 Å². The van der Waals surface area contributed by atoms with Crippen molar-refractivity contribution in [3.63, 3.8) is 0 Å². The molecule has 1 aliphatic carbocycles. The van der Waals surface area contributed by atoms with E-state index in [1.165, 1.54) is 38.6 Å². The molecule has 0 aromatic heterocycles. The molecule has 1 saturated heterocycles. The molecule has 2 nitrogen and oxygen atoms in total. The van der Waals surface area contributed by atoms with Crippen molar-refractivity contribution in [3.8, 4) is 0 Å². The van der Waals surface area contributed by atoms with Crippen molar-refractivity contribution < 1.29 is 0 Å². The summed E-state index contributed by atoms with van der Waals surface area (Å²) in [6.07, 6.45) is 6.90. The van der Waals surface area contributed by atoms with Gasteiger partial charge in [-0.1, -0.05) is 20.8 Å². The highest BCUT2D eigenvalue weighted by Crippen LogP contribution is 2.33. The third-order valence-electron chi connectivity index (χ3n) is 4.92. The van der Waals surface area contributed by atoms with Crippen LogP contribution in [-0.2, 0) is 0 Å². The van der Waals surface area contributed by atoms with Gasteiger partial charge < -0.3 is 5.73 Å². The van der Waals surface area contributed by atoms with Gasteiger partial charge in [0.15, 0.2) is 0 Å². The summed E-state index contributed by atoms with van der Waals surface area (Å²) < 4.78 is 0. The van der Waals surface area contributed by atoms with Crippen LogP contribution in [0.15, 0.2) is 0 Å². The molecule has 2 fully saturated rings. The van der Waals surface area contributed by atoms with Gasteiger partial charge in [-0.25, -0.2) is 0 Å². The molecule has 2 unspecified atom stereocenters. The van der Waals surface area contributed by atoms with Crippen molar-refractivity contribution >= 4 is 0 Å². The van der Waals surface area contributed by atoms with Crippen LogP contribution in [0.5, 0.6) is 0 Å². The molecule has 1 saturated carbocycles. The first kappa shape index (κ1) is 13.4. The highest BCUT2D eigenvalue weighted by Gasteiger charge is 2.31. The van der Waals surface area contributed by atoms with Gasteiger partial charge in [-0.3, -0.25) is 4.90 Å². The molecule has 2 N–H and O–H groups in total. The van der Waals surface area contributed by atoms with Crippen molar-refractivity contribution in [2.75, 3.05) is 13.1 Å². The maximum atomic E-state index is 6.16. The summed E-state index contributed by atoms with van der Waals surface area (Å²) in [4.78, 5) is 2.69. The topological polar surface area (TPSA) is 29.3 Å². The molecule has 2 atom stereocenters. The summed E-state index contributed by atoms with van der Waals surface area (Å²) in [7, 11) is 0. The SMILES string of the molecule is CC1CC(N)CN(C2CCC(C(C)C)CC2)C1. The van der Waals surface area contributed by atoms with E-state index in [-0.39, 0.29) is 0 Å². The van der Waals surface area contributed by atoms with E-state index in [4.69, 9.17) is 5.73 Å². The second-order valence-electron chi connectivity index (χ2n) is 6.87. The third-order valence-corrected chi connectivity index (χ3v) is 4.92. The van der Waals surface area contributed by atoms with Crippen LogP contribution in [0.25, 0.3) is 0 Å². The van der Waals surface area contributed by atoms with Crippen LogP contribution in [0.3, 0.4) is 0 Å². The summed E-state index contributed by atoms with van der Waals surface area (Å²) in [5.74, 6) is 2.64. The van der Waals surface area contributed by atoms with Crippen LogP contribution in [0.1, 0.15) is 52.9 Å². The van der Waals surface area contributed by atoms with Crippen LogP contribution in [0.4, 0.5) is 0 Å². The van der Waals surface area contributed by atoms with E-state index in [2.05, 4.69) is 25.7 Å². The average Bonchev–Trinajstić information content (AvgIpc) is 2.28. The van der Waals surface area contributed by atoms with Gasteiger partial charge in [0, 0.05) is 25.2 Å². The molecule has 2 rings (SSSR count). The summed E-state index contributed by atoms with van der Waals surface area (Å²) in [5, 5.41) is 0. The van der Waals surface area contributed by atoms with Crippen molar-refractivity contribution in [2.45, 2.75) is 65.0 Å². The fraction of sp³-hybridized carbons (Fsp3) is 1.00.